The molecule has 6 nitrogen and oxygen atoms in total. The van der Waals surface area contributed by atoms with Crippen LogP contribution in [0, 0.1) is 0 Å². The molecule has 3 rings (SSSR count). The highest BCUT2D eigenvalue weighted by atomic mass is 32.2. The number of hydrogen-bond acceptors (Lipinski definition) is 6. The first kappa shape index (κ1) is 22.6. The van der Waals surface area contributed by atoms with Crippen molar-refractivity contribution in [1.29, 1.82) is 0 Å². The summed E-state index contributed by atoms with van der Waals surface area (Å²) in [5.74, 6) is 0.965. The number of rotatable bonds is 11. The zero-order chi connectivity index (χ0) is 21.2. The molecular weight excluding hydrogens is 418 g/mol. The smallest absolute Gasteiger partial charge is 0.258 e. The zero-order valence-electron chi connectivity index (χ0n) is 17.3. The highest BCUT2D eigenvalue weighted by molar-refractivity contribution is 7.98. The lowest BCUT2D eigenvalue weighted by atomic mass is 10.0. The van der Waals surface area contributed by atoms with Crippen molar-refractivity contribution in [3.63, 3.8) is 0 Å². The van der Waals surface area contributed by atoms with Gasteiger partial charge in [-0.25, -0.2) is 4.98 Å². The number of carbonyl (C=O) groups is 2. The highest BCUT2D eigenvalue weighted by Gasteiger charge is 2.21. The molecule has 0 aliphatic heterocycles. The van der Waals surface area contributed by atoms with E-state index in [0.717, 1.165) is 30.0 Å². The average molecular weight is 448 g/mol. The van der Waals surface area contributed by atoms with Crippen LogP contribution >= 0.6 is 23.1 Å². The molecule has 30 heavy (non-hydrogen) atoms. The predicted molar refractivity (Wildman–Crippen MR) is 122 cm³/mol. The minimum Gasteiger partial charge on any atom is -0.484 e. The number of nitrogens with zero attached hydrogens (tertiary/aromatic N) is 1. The first-order valence-electron chi connectivity index (χ1n) is 10.4. The summed E-state index contributed by atoms with van der Waals surface area (Å²) >= 11 is 3.42. The summed E-state index contributed by atoms with van der Waals surface area (Å²) in [6, 6.07) is 8.61. The molecule has 0 radical (unpaired) electrons. The maximum absolute atomic E-state index is 12.7. The molecule has 2 N–H and O–H groups in total. The number of para-hydroxylation sites is 1. The third-order valence-electron chi connectivity index (χ3n) is 4.90. The number of nitrogens with one attached hydrogen (secondary N) is 2. The van der Waals surface area contributed by atoms with E-state index in [9.17, 15) is 9.59 Å². The van der Waals surface area contributed by atoms with Gasteiger partial charge in [0.05, 0.1) is 10.7 Å². The van der Waals surface area contributed by atoms with Gasteiger partial charge < -0.3 is 15.4 Å². The van der Waals surface area contributed by atoms with Crippen molar-refractivity contribution in [2.75, 3.05) is 25.2 Å². The van der Waals surface area contributed by atoms with Gasteiger partial charge in [0, 0.05) is 17.8 Å². The zero-order valence-corrected chi connectivity index (χ0v) is 18.9. The number of thiazole rings is 1. The molecule has 0 bridgehead atoms. The summed E-state index contributed by atoms with van der Waals surface area (Å²) in [5.41, 5.74) is 1.25. The molecule has 1 atom stereocenters. The fourth-order valence-corrected chi connectivity index (χ4v) is 4.96. The fraction of sp³-hybridized carbons (Fsp3) is 0.500. The second-order valence-corrected chi connectivity index (χ2v) is 9.38. The molecule has 1 aromatic heterocycles. The number of hydrogen-bond donors (Lipinski definition) is 2. The summed E-state index contributed by atoms with van der Waals surface area (Å²) in [6.07, 6.45) is 7.96. The molecule has 1 heterocycles. The molecule has 2 aromatic rings. The van der Waals surface area contributed by atoms with Crippen LogP contribution < -0.4 is 15.4 Å². The quantitative estimate of drug-likeness (QED) is 0.554. The first-order valence-corrected chi connectivity index (χ1v) is 12.6. The Bertz CT molecular complexity index is 803. The maximum Gasteiger partial charge on any atom is 0.258 e. The summed E-state index contributed by atoms with van der Waals surface area (Å²) in [5, 5.41) is 6.86. The second-order valence-electron chi connectivity index (χ2n) is 7.23. The molecule has 2 amide bonds. The third kappa shape index (κ3) is 7.02. The van der Waals surface area contributed by atoms with Gasteiger partial charge in [-0.05, 0) is 56.2 Å². The van der Waals surface area contributed by atoms with E-state index in [1.54, 1.807) is 35.2 Å². The molecule has 1 aliphatic carbocycles. The van der Waals surface area contributed by atoms with E-state index in [2.05, 4.69) is 10.6 Å². The van der Waals surface area contributed by atoms with Gasteiger partial charge in [-0.3, -0.25) is 9.59 Å². The van der Waals surface area contributed by atoms with Crippen molar-refractivity contribution >= 4 is 34.9 Å². The van der Waals surface area contributed by atoms with E-state index in [1.807, 2.05) is 24.5 Å². The SMILES string of the molecule is CSCCC(NC(=O)COc1ccccc1)C(=O)NCCc1nc2c(s1)CCCC2. The largest absolute Gasteiger partial charge is 0.484 e. The van der Waals surface area contributed by atoms with E-state index < -0.39 is 6.04 Å². The molecule has 0 saturated heterocycles. The number of aromatic nitrogens is 1. The molecule has 0 saturated carbocycles. The van der Waals surface area contributed by atoms with Crippen LogP contribution in [0.5, 0.6) is 5.75 Å². The van der Waals surface area contributed by atoms with Crippen LogP contribution in [0.15, 0.2) is 30.3 Å². The normalized spacial score (nSPS) is 13.9. The molecule has 1 aromatic carbocycles. The lowest BCUT2D eigenvalue weighted by Crippen LogP contribution is -2.48. The summed E-state index contributed by atoms with van der Waals surface area (Å²) < 4.78 is 5.48. The van der Waals surface area contributed by atoms with Gasteiger partial charge in [-0.15, -0.1) is 11.3 Å². The molecular formula is C22H29N3O3S2. The predicted octanol–water partition coefficient (Wildman–Crippen LogP) is 3.00. The molecule has 162 valence electrons. The van der Waals surface area contributed by atoms with Crippen molar-refractivity contribution in [3.05, 3.63) is 45.9 Å². The van der Waals surface area contributed by atoms with Crippen molar-refractivity contribution in [3.8, 4) is 5.75 Å². The van der Waals surface area contributed by atoms with E-state index in [1.165, 1.54) is 23.4 Å². The van der Waals surface area contributed by atoms with Gasteiger partial charge >= 0.3 is 0 Å². The number of fused-ring (bicyclic) bond motifs is 1. The Labute approximate surface area is 186 Å². The van der Waals surface area contributed by atoms with Crippen molar-refractivity contribution in [1.82, 2.24) is 15.6 Å². The average Bonchev–Trinajstić information content (AvgIpc) is 3.18. The lowest BCUT2D eigenvalue weighted by Gasteiger charge is -2.18. The molecule has 1 aliphatic rings. The fourth-order valence-electron chi connectivity index (χ4n) is 3.33. The van der Waals surface area contributed by atoms with Crippen LogP contribution in [-0.4, -0.2) is 48.0 Å². The summed E-state index contributed by atoms with van der Waals surface area (Å²) in [4.78, 5) is 31.1. The Morgan fingerprint density at radius 1 is 1.23 bits per heavy atom. The first-order chi connectivity index (χ1) is 14.7. The molecule has 0 spiro atoms. The van der Waals surface area contributed by atoms with Crippen LogP contribution in [0.4, 0.5) is 0 Å². The number of thioether (sulfide) groups is 1. The van der Waals surface area contributed by atoms with Gasteiger partial charge in [0.25, 0.3) is 5.91 Å². The van der Waals surface area contributed by atoms with Crippen LogP contribution in [0.1, 0.15) is 34.8 Å². The standard InChI is InChI=1S/C22H29N3O3S2/c1-29-14-12-18(24-20(26)15-28-16-7-3-2-4-8-16)22(27)23-13-11-21-25-17-9-5-6-10-19(17)30-21/h2-4,7-8,18H,5-6,9-15H2,1H3,(H,23,27)(H,24,26). The number of aryl methyl sites for hydroxylation is 2. The molecule has 1 unspecified atom stereocenters. The van der Waals surface area contributed by atoms with E-state index in [4.69, 9.17) is 9.72 Å². The van der Waals surface area contributed by atoms with Gasteiger partial charge in [0.15, 0.2) is 6.61 Å². The number of ether oxygens (including phenoxy) is 1. The van der Waals surface area contributed by atoms with Crippen LogP contribution in [0.2, 0.25) is 0 Å². The van der Waals surface area contributed by atoms with Crippen LogP contribution in [0.3, 0.4) is 0 Å². The van der Waals surface area contributed by atoms with Crippen molar-refractivity contribution < 1.29 is 14.3 Å². The second kappa shape index (κ2) is 12.0. The van der Waals surface area contributed by atoms with Crippen molar-refractivity contribution in [2.24, 2.45) is 0 Å². The van der Waals surface area contributed by atoms with Crippen LogP contribution in [-0.2, 0) is 28.9 Å². The van der Waals surface area contributed by atoms with E-state index in [0.29, 0.717) is 18.7 Å². The van der Waals surface area contributed by atoms with Gasteiger partial charge in [0.2, 0.25) is 5.91 Å². The lowest BCUT2D eigenvalue weighted by molar-refractivity contribution is -0.130. The topological polar surface area (TPSA) is 80.3 Å². The summed E-state index contributed by atoms with van der Waals surface area (Å²) in [7, 11) is 0. The monoisotopic (exact) mass is 447 g/mol. The maximum atomic E-state index is 12.7. The molecule has 0 fully saturated rings. The number of carbonyl (C=O) groups excluding carboxylic acids is 2. The number of amides is 2. The Morgan fingerprint density at radius 3 is 2.80 bits per heavy atom. The van der Waals surface area contributed by atoms with Crippen molar-refractivity contribution in [2.45, 2.75) is 44.6 Å². The summed E-state index contributed by atoms with van der Waals surface area (Å²) in [6.45, 7) is 0.412. The Morgan fingerprint density at radius 2 is 2.03 bits per heavy atom. The Hall–Kier alpha value is -2.06. The van der Waals surface area contributed by atoms with Gasteiger partial charge in [0.1, 0.15) is 11.8 Å². The number of benzene rings is 1. The Kier molecular flexibility index (Phi) is 9.01. The third-order valence-corrected chi connectivity index (χ3v) is 6.76. The van der Waals surface area contributed by atoms with Gasteiger partial charge in [-0.2, -0.15) is 11.8 Å². The van der Waals surface area contributed by atoms with E-state index in [-0.39, 0.29) is 18.4 Å². The Balaban J connectivity index is 1.45. The minimum absolute atomic E-state index is 0.113. The minimum atomic E-state index is -0.561. The van der Waals surface area contributed by atoms with E-state index >= 15 is 0 Å². The highest BCUT2D eigenvalue weighted by Crippen LogP contribution is 2.26. The van der Waals surface area contributed by atoms with Gasteiger partial charge in [-0.1, -0.05) is 18.2 Å². The molecule has 8 heteroatoms. The van der Waals surface area contributed by atoms with Crippen LogP contribution in [0.25, 0.3) is 0 Å².